The lowest BCUT2D eigenvalue weighted by atomic mass is 10.2. The van der Waals surface area contributed by atoms with E-state index in [1.807, 2.05) is 48.9 Å². The molecule has 0 fully saturated rings. The maximum absolute atomic E-state index is 12.8. The highest BCUT2D eigenvalue weighted by molar-refractivity contribution is 7.20. The molecule has 0 radical (unpaired) electrons. The summed E-state index contributed by atoms with van der Waals surface area (Å²) in [5.41, 5.74) is 2.46. The number of carbonyl (C=O) groups is 1. The van der Waals surface area contributed by atoms with Gasteiger partial charge in [0.25, 0.3) is 11.5 Å². The van der Waals surface area contributed by atoms with Crippen molar-refractivity contribution in [3.63, 3.8) is 0 Å². The molecule has 148 valence electrons. The number of hydrogen-bond acceptors (Lipinski definition) is 4. The summed E-state index contributed by atoms with van der Waals surface area (Å²) in [6.45, 7) is 4.97. The normalized spacial score (nSPS) is 11.1. The smallest absolute Gasteiger partial charge is 0.265 e. The average Bonchev–Trinajstić information content (AvgIpc) is 3.27. The number of aromatic nitrogens is 3. The van der Waals surface area contributed by atoms with E-state index in [2.05, 4.69) is 10.4 Å². The minimum atomic E-state index is -0.204. The fraction of sp³-hybridized carbons (Fsp3) is 0.190. The second-order valence-corrected chi connectivity index (χ2v) is 8.16. The number of nitrogens with zero attached hydrogens (tertiary/aromatic N) is 3. The first-order chi connectivity index (χ1) is 13.9. The second kappa shape index (κ2) is 7.85. The van der Waals surface area contributed by atoms with Crippen LogP contribution in [0.3, 0.4) is 0 Å². The van der Waals surface area contributed by atoms with Crippen molar-refractivity contribution in [3.8, 4) is 0 Å². The van der Waals surface area contributed by atoms with Crippen molar-refractivity contribution in [3.05, 3.63) is 80.2 Å². The van der Waals surface area contributed by atoms with Crippen molar-refractivity contribution in [1.82, 2.24) is 14.3 Å². The molecule has 0 aliphatic carbocycles. The van der Waals surface area contributed by atoms with Gasteiger partial charge < -0.3 is 9.88 Å². The molecule has 0 atom stereocenters. The van der Waals surface area contributed by atoms with Crippen LogP contribution in [0.25, 0.3) is 10.2 Å². The van der Waals surface area contributed by atoms with Crippen LogP contribution in [0.5, 0.6) is 0 Å². The Bertz CT molecular complexity index is 1250. The van der Waals surface area contributed by atoms with E-state index in [9.17, 15) is 9.59 Å². The molecule has 4 rings (SSSR count). The van der Waals surface area contributed by atoms with Gasteiger partial charge in [-0.2, -0.15) is 5.10 Å². The van der Waals surface area contributed by atoms with Crippen LogP contribution in [-0.2, 0) is 13.1 Å². The molecule has 1 aromatic carbocycles. The summed E-state index contributed by atoms with van der Waals surface area (Å²) in [5, 5.41) is 9.14. The molecule has 6 nitrogen and oxygen atoms in total. The van der Waals surface area contributed by atoms with Crippen LogP contribution < -0.4 is 10.9 Å². The van der Waals surface area contributed by atoms with E-state index in [-0.39, 0.29) is 11.5 Å². The molecular formula is C21H19ClN4O2S. The van der Waals surface area contributed by atoms with Gasteiger partial charge in [-0.3, -0.25) is 14.3 Å². The molecule has 3 heterocycles. The first-order valence-electron chi connectivity index (χ1n) is 9.18. The minimum Gasteiger partial charge on any atom is -0.320 e. The van der Waals surface area contributed by atoms with Crippen LogP contribution in [0.15, 0.2) is 53.5 Å². The Kier molecular flexibility index (Phi) is 5.25. The molecule has 0 unspecified atom stereocenters. The predicted molar refractivity (Wildman–Crippen MR) is 117 cm³/mol. The molecule has 0 saturated carbocycles. The average molecular weight is 427 g/mol. The predicted octanol–water partition coefficient (Wildman–Crippen LogP) is 4.54. The van der Waals surface area contributed by atoms with Crippen LogP contribution >= 0.6 is 22.9 Å². The highest BCUT2D eigenvalue weighted by atomic mass is 35.5. The molecule has 0 spiro atoms. The lowest BCUT2D eigenvalue weighted by molar-refractivity contribution is 0.103. The van der Waals surface area contributed by atoms with Gasteiger partial charge in [-0.25, -0.2) is 0 Å². The molecule has 29 heavy (non-hydrogen) atoms. The number of benzene rings is 1. The third kappa shape index (κ3) is 3.97. The molecular weight excluding hydrogens is 408 g/mol. The highest BCUT2D eigenvalue weighted by Crippen LogP contribution is 2.29. The zero-order valence-electron chi connectivity index (χ0n) is 16.0. The molecule has 1 N–H and O–H groups in total. The number of fused-ring (bicyclic) bond motifs is 1. The van der Waals surface area contributed by atoms with Crippen molar-refractivity contribution in [2.45, 2.75) is 26.9 Å². The van der Waals surface area contributed by atoms with Crippen LogP contribution in [0.4, 0.5) is 5.69 Å². The quantitative estimate of drug-likeness (QED) is 0.509. The topological polar surface area (TPSA) is 68.9 Å². The Labute approximate surface area is 176 Å². The number of aryl methyl sites for hydroxylation is 2. The molecule has 0 aliphatic rings. The zero-order chi connectivity index (χ0) is 20.5. The van der Waals surface area contributed by atoms with Crippen LogP contribution in [-0.4, -0.2) is 20.3 Å². The van der Waals surface area contributed by atoms with E-state index in [4.69, 9.17) is 11.6 Å². The van der Waals surface area contributed by atoms with Crippen LogP contribution in [0.1, 0.15) is 27.9 Å². The van der Waals surface area contributed by atoms with Gasteiger partial charge in [-0.05, 0) is 43.7 Å². The SMILES string of the molecule is CCn1cc(NC(=O)c2cc3c(C)nn(Cc4ccc(Cl)cc4)c3s2)ccc1=O. The summed E-state index contributed by atoms with van der Waals surface area (Å²) in [5.74, 6) is -0.204. The number of pyridine rings is 1. The van der Waals surface area contributed by atoms with Crippen molar-refractivity contribution >= 4 is 44.7 Å². The van der Waals surface area contributed by atoms with E-state index < -0.39 is 0 Å². The summed E-state index contributed by atoms with van der Waals surface area (Å²) < 4.78 is 3.46. The molecule has 0 aliphatic heterocycles. The van der Waals surface area contributed by atoms with Gasteiger partial charge >= 0.3 is 0 Å². The number of halogens is 1. The molecule has 0 bridgehead atoms. The third-order valence-corrected chi connectivity index (χ3v) is 6.06. The van der Waals surface area contributed by atoms with Crippen molar-refractivity contribution in [1.29, 1.82) is 0 Å². The highest BCUT2D eigenvalue weighted by Gasteiger charge is 2.17. The van der Waals surface area contributed by atoms with Crippen LogP contribution in [0.2, 0.25) is 5.02 Å². The first-order valence-corrected chi connectivity index (χ1v) is 10.4. The minimum absolute atomic E-state index is 0.0923. The number of amides is 1. The van der Waals surface area contributed by atoms with Gasteiger partial charge in [0.05, 0.1) is 22.8 Å². The van der Waals surface area contributed by atoms with Gasteiger partial charge in [0.1, 0.15) is 4.83 Å². The molecule has 1 amide bonds. The largest absolute Gasteiger partial charge is 0.320 e. The van der Waals surface area contributed by atoms with Crippen molar-refractivity contribution in [2.24, 2.45) is 0 Å². The number of rotatable bonds is 5. The fourth-order valence-electron chi connectivity index (χ4n) is 3.14. The van der Waals surface area contributed by atoms with Gasteiger partial charge in [0.2, 0.25) is 0 Å². The van der Waals surface area contributed by atoms with E-state index in [1.165, 1.54) is 17.4 Å². The summed E-state index contributed by atoms with van der Waals surface area (Å²) >= 11 is 7.36. The standard InChI is InChI=1S/C21H19ClN4O2S/c1-3-25-12-16(8-9-19(25)27)23-20(28)18-10-17-13(2)24-26(21(17)29-18)11-14-4-6-15(22)7-5-14/h4-10,12H,3,11H2,1-2H3,(H,23,28). The fourth-order valence-corrected chi connectivity index (χ4v) is 4.32. The summed E-state index contributed by atoms with van der Waals surface area (Å²) in [6.07, 6.45) is 1.65. The Morgan fingerprint density at radius 1 is 1.21 bits per heavy atom. The molecule has 8 heteroatoms. The number of anilines is 1. The van der Waals surface area contributed by atoms with Gasteiger partial charge in [0.15, 0.2) is 0 Å². The first kappa shape index (κ1) is 19.4. The van der Waals surface area contributed by atoms with E-state index in [1.54, 1.807) is 16.8 Å². The number of hydrogen-bond donors (Lipinski definition) is 1. The Morgan fingerprint density at radius 3 is 2.69 bits per heavy atom. The maximum Gasteiger partial charge on any atom is 0.265 e. The van der Waals surface area contributed by atoms with E-state index in [0.717, 1.165) is 21.5 Å². The Morgan fingerprint density at radius 2 is 1.97 bits per heavy atom. The monoisotopic (exact) mass is 426 g/mol. The van der Waals surface area contributed by atoms with Gasteiger partial charge in [-0.1, -0.05) is 23.7 Å². The summed E-state index contributed by atoms with van der Waals surface area (Å²) in [6, 6.07) is 12.6. The number of carbonyl (C=O) groups excluding carboxylic acids is 1. The molecule has 4 aromatic rings. The molecule has 3 aromatic heterocycles. The van der Waals surface area contributed by atoms with Gasteiger partial charge in [-0.15, -0.1) is 11.3 Å². The van der Waals surface area contributed by atoms with Crippen molar-refractivity contribution in [2.75, 3.05) is 5.32 Å². The summed E-state index contributed by atoms with van der Waals surface area (Å²) in [7, 11) is 0. The zero-order valence-corrected chi connectivity index (χ0v) is 17.5. The van der Waals surface area contributed by atoms with E-state index >= 15 is 0 Å². The molecule has 0 saturated heterocycles. The van der Waals surface area contributed by atoms with Crippen molar-refractivity contribution < 1.29 is 4.79 Å². The lowest BCUT2D eigenvalue weighted by Crippen LogP contribution is -2.19. The summed E-state index contributed by atoms with van der Waals surface area (Å²) in [4.78, 5) is 26.0. The van der Waals surface area contributed by atoms with Crippen LogP contribution in [0, 0.1) is 6.92 Å². The Balaban J connectivity index is 1.61. The second-order valence-electron chi connectivity index (χ2n) is 6.70. The Hall–Kier alpha value is -2.90. The van der Waals surface area contributed by atoms with Gasteiger partial charge in [0, 0.05) is 29.2 Å². The maximum atomic E-state index is 12.8. The third-order valence-electron chi connectivity index (χ3n) is 4.66. The number of thiophene rings is 1. The lowest BCUT2D eigenvalue weighted by Gasteiger charge is -2.07. The van der Waals surface area contributed by atoms with E-state index in [0.29, 0.717) is 28.7 Å². The number of nitrogens with one attached hydrogen (secondary N) is 1.